The maximum Gasteiger partial charge on any atom is 0.326 e. The summed E-state index contributed by atoms with van der Waals surface area (Å²) >= 11 is 0. The number of benzene rings is 2. The van der Waals surface area contributed by atoms with Gasteiger partial charge in [-0.05, 0) is 43.4 Å². The summed E-state index contributed by atoms with van der Waals surface area (Å²) in [6, 6.07) is 16.4. The third-order valence-electron chi connectivity index (χ3n) is 6.00. The highest BCUT2D eigenvalue weighted by atomic mass is 16.5. The molecule has 0 atom stereocenters. The molecule has 0 unspecified atom stereocenters. The predicted molar refractivity (Wildman–Crippen MR) is 114 cm³/mol. The van der Waals surface area contributed by atoms with Crippen LogP contribution in [0.1, 0.15) is 37.3 Å². The minimum absolute atomic E-state index is 0.0512. The van der Waals surface area contributed by atoms with E-state index >= 15 is 0 Å². The monoisotopic (exact) mass is 393 g/mol. The van der Waals surface area contributed by atoms with Crippen LogP contribution in [0.25, 0.3) is 11.0 Å². The van der Waals surface area contributed by atoms with Gasteiger partial charge in [0.2, 0.25) is 0 Å². The number of methoxy groups -OCH3 is 1. The summed E-state index contributed by atoms with van der Waals surface area (Å²) in [5.74, 6) is -0.190. The van der Waals surface area contributed by atoms with Gasteiger partial charge in [0.05, 0.1) is 29.7 Å². The zero-order valence-corrected chi connectivity index (χ0v) is 16.9. The number of esters is 1. The molecule has 0 amide bonds. The SMILES string of the molecule is COC(=O)C1CCC(n2c(=O)[nH]c3c(N(C)Cc4ccccc4)cccc32)CC1. The number of nitrogens with one attached hydrogen (secondary N) is 1. The predicted octanol–water partition coefficient (Wildman–Crippen LogP) is 3.87. The number of hydrogen-bond acceptors (Lipinski definition) is 4. The van der Waals surface area contributed by atoms with Crippen LogP contribution in [0.2, 0.25) is 0 Å². The van der Waals surface area contributed by atoms with Gasteiger partial charge in [0, 0.05) is 19.6 Å². The van der Waals surface area contributed by atoms with Gasteiger partial charge < -0.3 is 14.6 Å². The number of aromatic amines is 1. The number of imidazole rings is 1. The molecule has 1 aliphatic rings. The smallest absolute Gasteiger partial charge is 0.326 e. The molecule has 1 N–H and O–H groups in total. The Hall–Kier alpha value is -3.02. The second-order valence-electron chi connectivity index (χ2n) is 7.84. The highest BCUT2D eigenvalue weighted by Crippen LogP contribution is 2.35. The molecular weight excluding hydrogens is 366 g/mol. The van der Waals surface area contributed by atoms with Crippen molar-refractivity contribution < 1.29 is 9.53 Å². The van der Waals surface area contributed by atoms with Gasteiger partial charge in [-0.3, -0.25) is 9.36 Å². The van der Waals surface area contributed by atoms with E-state index in [9.17, 15) is 9.59 Å². The second kappa shape index (κ2) is 8.15. The molecule has 1 fully saturated rings. The molecule has 6 nitrogen and oxygen atoms in total. The van der Waals surface area contributed by atoms with Gasteiger partial charge in [0.15, 0.2) is 0 Å². The first-order chi connectivity index (χ1) is 14.1. The van der Waals surface area contributed by atoms with E-state index in [-0.39, 0.29) is 23.6 Å². The zero-order chi connectivity index (χ0) is 20.4. The number of anilines is 1. The van der Waals surface area contributed by atoms with E-state index < -0.39 is 0 Å². The quantitative estimate of drug-likeness (QED) is 0.668. The number of aromatic nitrogens is 2. The first-order valence-electron chi connectivity index (χ1n) is 10.1. The summed E-state index contributed by atoms with van der Waals surface area (Å²) < 4.78 is 6.76. The van der Waals surface area contributed by atoms with Gasteiger partial charge in [-0.15, -0.1) is 0 Å². The van der Waals surface area contributed by atoms with Crippen molar-refractivity contribution >= 4 is 22.7 Å². The average Bonchev–Trinajstić information content (AvgIpc) is 3.09. The first kappa shape index (κ1) is 19.3. The Kier molecular flexibility index (Phi) is 5.43. The van der Waals surface area contributed by atoms with E-state index in [1.54, 1.807) is 0 Å². The number of rotatable bonds is 5. The van der Waals surface area contributed by atoms with Crippen LogP contribution >= 0.6 is 0 Å². The molecular formula is C23H27N3O3. The Labute approximate surface area is 170 Å². The molecule has 1 heterocycles. The lowest BCUT2D eigenvalue weighted by Gasteiger charge is -2.28. The number of para-hydroxylation sites is 1. The molecule has 6 heteroatoms. The lowest BCUT2D eigenvalue weighted by Crippen LogP contribution is -2.29. The van der Waals surface area contributed by atoms with Crippen LogP contribution in [-0.2, 0) is 16.1 Å². The standard InChI is InChI=1S/C23H27N3O3/c1-25(15-16-7-4-3-5-8-16)19-9-6-10-20-21(19)24-23(28)26(20)18-13-11-17(12-14-18)22(27)29-2/h3-10,17-18H,11-15H2,1-2H3,(H,24,28). The summed E-state index contributed by atoms with van der Waals surface area (Å²) in [6.07, 6.45) is 3.11. The second-order valence-corrected chi connectivity index (χ2v) is 7.84. The minimum Gasteiger partial charge on any atom is -0.469 e. The number of hydrogen-bond donors (Lipinski definition) is 1. The number of H-pyrrole nitrogens is 1. The van der Waals surface area contributed by atoms with E-state index in [0.717, 1.165) is 48.9 Å². The van der Waals surface area contributed by atoms with Crippen molar-refractivity contribution in [1.82, 2.24) is 9.55 Å². The molecule has 4 rings (SSSR count). The molecule has 0 aliphatic heterocycles. The Morgan fingerprint density at radius 3 is 2.52 bits per heavy atom. The molecule has 0 spiro atoms. The van der Waals surface area contributed by atoms with Crippen molar-refractivity contribution in [2.75, 3.05) is 19.1 Å². The van der Waals surface area contributed by atoms with Gasteiger partial charge >= 0.3 is 11.7 Å². The number of carbonyl (C=O) groups is 1. The van der Waals surface area contributed by atoms with E-state index in [4.69, 9.17) is 4.74 Å². The molecule has 3 aromatic rings. The van der Waals surface area contributed by atoms with E-state index in [1.807, 2.05) is 48.0 Å². The van der Waals surface area contributed by atoms with E-state index in [0.29, 0.717) is 0 Å². The van der Waals surface area contributed by atoms with Crippen molar-refractivity contribution in [3.8, 4) is 0 Å². The number of fused-ring (bicyclic) bond motifs is 1. The molecule has 0 radical (unpaired) electrons. The molecule has 1 aromatic heterocycles. The molecule has 29 heavy (non-hydrogen) atoms. The fourth-order valence-corrected chi connectivity index (χ4v) is 4.49. The fourth-order valence-electron chi connectivity index (χ4n) is 4.49. The van der Waals surface area contributed by atoms with Crippen LogP contribution in [0.4, 0.5) is 5.69 Å². The van der Waals surface area contributed by atoms with E-state index in [2.05, 4.69) is 22.0 Å². The minimum atomic E-state index is -0.139. The summed E-state index contributed by atoms with van der Waals surface area (Å²) in [7, 11) is 3.48. The van der Waals surface area contributed by atoms with E-state index in [1.165, 1.54) is 12.7 Å². The molecule has 1 aliphatic carbocycles. The number of ether oxygens (including phenoxy) is 1. The van der Waals surface area contributed by atoms with Crippen LogP contribution in [0.3, 0.4) is 0 Å². The number of nitrogens with zero attached hydrogens (tertiary/aromatic N) is 2. The maximum absolute atomic E-state index is 12.8. The van der Waals surface area contributed by atoms with Crippen LogP contribution in [-0.4, -0.2) is 29.7 Å². The average molecular weight is 393 g/mol. The normalized spacial score (nSPS) is 19.2. The van der Waals surface area contributed by atoms with Crippen LogP contribution in [0.15, 0.2) is 53.3 Å². The summed E-state index contributed by atoms with van der Waals surface area (Å²) in [5.41, 5.74) is 3.93. The van der Waals surface area contributed by atoms with Gasteiger partial charge in [0.25, 0.3) is 0 Å². The van der Waals surface area contributed by atoms with Crippen LogP contribution in [0, 0.1) is 5.92 Å². The molecule has 2 aromatic carbocycles. The summed E-state index contributed by atoms with van der Waals surface area (Å²) in [4.78, 5) is 29.9. The first-order valence-corrected chi connectivity index (χ1v) is 10.1. The van der Waals surface area contributed by atoms with Gasteiger partial charge in [-0.1, -0.05) is 36.4 Å². The highest BCUT2D eigenvalue weighted by Gasteiger charge is 2.29. The van der Waals surface area contributed by atoms with Gasteiger partial charge in [0.1, 0.15) is 0 Å². The highest BCUT2D eigenvalue weighted by molar-refractivity contribution is 5.89. The Morgan fingerprint density at radius 2 is 1.83 bits per heavy atom. The van der Waals surface area contributed by atoms with Crippen molar-refractivity contribution in [1.29, 1.82) is 0 Å². The van der Waals surface area contributed by atoms with Crippen molar-refractivity contribution in [3.05, 3.63) is 64.6 Å². The Balaban J connectivity index is 1.61. The maximum atomic E-state index is 12.8. The van der Waals surface area contributed by atoms with Crippen molar-refractivity contribution in [2.45, 2.75) is 38.3 Å². The Morgan fingerprint density at radius 1 is 1.10 bits per heavy atom. The third kappa shape index (κ3) is 3.79. The zero-order valence-electron chi connectivity index (χ0n) is 16.9. The Bertz CT molecular complexity index is 1050. The van der Waals surface area contributed by atoms with Gasteiger partial charge in [-0.2, -0.15) is 0 Å². The lowest BCUT2D eigenvalue weighted by atomic mass is 9.86. The fraction of sp³-hybridized carbons (Fsp3) is 0.391. The lowest BCUT2D eigenvalue weighted by molar-refractivity contribution is -0.146. The summed E-state index contributed by atoms with van der Waals surface area (Å²) in [6.45, 7) is 0.761. The van der Waals surface area contributed by atoms with Crippen LogP contribution in [0.5, 0.6) is 0 Å². The van der Waals surface area contributed by atoms with Crippen molar-refractivity contribution in [3.63, 3.8) is 0 Å². The number of carbonyl (C=O) groups excluding carboxylic acids is 1. The molecule has 152 valence electrons. The van der Waals surface area contributed by atoms with Crippen molar-refractivity contribution in [2.24, 2.45) is 5.92 Å². The molecule has 0 bridgehead atoms. The van der Waals surface area contributed by atoms with Crippen LogP contribution < -0.4 is 10.6 Å². The molecule has 0 saturated heterocycles. The summed E-state index contributed by atoms with van der Waals surface area (Å²) in [5, 5.41) is 0. The van der Waals surface area contributed by atoms with Gasteiger partial charge in [-0.25, -0.2) is 4.79 Å². The third-order valence-corrected chi connectivity index (χ3v) is 6.00. The largest absolute Gasteiger partial charge is 0.469 e. The topological polar surface area (TPSA) is 67.3 Å². The molecule has 1 saturated carbocycles.